The van der Waals surface area contributed by atoms with Gasteiger partial charge in [0, 0.05) is 23.5 Å². The van der Waals surface area contributed by atoms with Crippen LogP contribution in [0.2, 0.25) is 0 Å². The van der Waals surface area contributed by atoms with Gasteiger partial charge in [0.15, 0.2) is 5.65 Å². The summed E-state index contributed by atoms with van der Waals surface area (Å²) in [7, 11) is 0. The van der Waals surface area contributed by atoms with Crippen molar-refractivity contribution < 1.29 is 9.53 Å². The summed E-state index contributed by atoms with van der Waals surface area (Å²) in [6, 6.07) is 7.70. The van der Waals surface area contributed by atoms with Crippen molar-refractivity contribution in [1.29, 1.82) is 0 Å². The van der Waals surface area contributed by atoms with Crippen LogP contribution in [0.4, 0.5) is 4.79 Å². The molecule has 1 aliphatic heterocycles. The number of fused-ring (bicyclic) bond motifs is 2. The van der Waals surface area contributed by atoms with Crippen molar-refractivity contribution >= 4 is 22.5 Å². The van der Waals surface area contributed by atoms with Gasteiger partial charge in [0.1, 0.15) is 5.60 Å². The molecule has 9 heteroatoms. The Hall–Kier alpha value is -3.75. The SMILES string of the molecule is CCC1CC(n2ncc3cc(-c4cc(C)c5nc(C)cn5n4)ccc3c2=O)CCN1C(=O)OC(C)(C)C. The third kappa shape index (κ3) is 4.82. The van der Waals surface area contributed by atoms with Crippen LogP contribution in [-0.4, -0.2) is 53.6 Å². The normalized spacial score (nSPS) is 18.5. The Labute approximate surface area is 216 Å². The second kappa shape index (κ2) is 9.28. The van der Waals surface area contributed by atoms with Gasteiger partial charge < -0.3 is 9.64 Å². The largest absolute Gasteiger partial charge is 0.444 e. The molecule has 5 rings (SSSR count). The zero-order valence-electron chi connectivity index (χ0n) is 22.4. The van der Waals surface area contributed by atoms with Crippen molar-refractivity contribution in [2.75, 3.05) is 6.54 Å². The highest BCUT2D eigenvalue weighted by molar-refractivity contribution is 5.85. The van der Waals surface area contributed by atoms with Crippen LogP contribution < -0.4 is 5.56 Å². The van der Waals surface area contributed by atoms with Gasteiger partial charge in [-0.3, -0.25) is 4.79 Å². The summed E-state index contributed by atoms with van der Waals surface area (Å²) in [5.41, 5.74) is 3.87. The Morgan fingerprint density at radius 2 is 1.97 bits per heavy atom. The molecule has 1 amide bonds. The fraction of sp³-hybridized carbons (Fsp3) is 0.464. The molecule has 37 heavy (non-hydrogen) atoms. The van der Waals surface area contributed by atoms with Crippen molar-refractivity contribution in [3.63, 3.8) is 0 Å². The van der Waals surface area contributed by atoms with Gasteiger partial charge in [0.25, 0.3) is 5.56 Å². The number of carbonyl (C=O) groups excluding carboxylic acids is 1. The lowest BCUT2D eigenvalue weighted by Gasteiger charge is -2.39. The molecule has 1 aliphatic rings. The maximum absolute atomic E-state index is 13.5. The summed E-state index contributed by atoms with van der Waals surface area (Å²) in [5, 5.41) is 10.7. The van der Waals surface area contributed by atoms with E-state index in [1.54, 1.807) is 20.3 Å². The average Bonchev–Trinajstić information content (AvgIpc) is 3.23. The first-order valence-electron chi connectivity index (χ1n) is 12.9. The molecule has 4 aromatic rings. The molecule has 2 atom stereocenters. The number of ether oxygens (including phenoxy) is 1. The standard InChI is InChI=1S/C28H34N6O3/c1-7-21-14-22(10-11-32(21)27(36)37-28(4,5)6)34-26(35)23-9-8-19(13-20(23)15-29-34)24-12-17(2)25-30-18(3)16-33(25)31-24/h8-9,12-13,15-16,21-22H,7,10-11,14H2,1-6H3. The summed E-state index contributed by atoms with van der Waals surface area (Å²) in [6.45, 7) is 12.2. The Morgan fingerprint density at radius 3 is 2.70 bits per heavy atom. The topological polar surface area (TPSA) is 94.6 Å². The minimum Gasteiger partial charge on any atom is -0.444 e. The van der Waals surface area contributed by atoms with Gasteiger partial charge >= 0.3 is 6.09 Å². The first-order chi connectivity index (χ1) is 17.5. The number of rotatable bonds is 3. The van der Waals surface area contributed by atoms with E-state index in [0.29, 0.717) is 24.8 Å². The van der Waals surface area contributed by atoms with Gasteiger partial charge in [-0.25, -0.2) is 19.0 Å². The van der Waals surface area contributed by atoms with E-state index in [9.17, 15) is 9.59 Å². The van der Waals surface area contributed by atoms with Crippen LogP contribution in [0.3, 0.4) is 0 Å². The molecule has 0 spiro atoms. The zero-order valence-corrected chi connectivity index (χ0v) is 22.4. The Kier molecular flexibility index (Phi) is 6.25. The molecule has 3 aromatic heterocycles. The van der Waals surface area contributed by atoms with E-state index in [1.165, 1.54) is 0 Å². The third-order valence-corrected chi connectivity index (χ3v) is 6.97. The van der Waals surface area contributed by atoms with Crippen LogP contribution in [-0.2, 0) is 4.74 Å². The van der Waals surface area contributed by atoms with E-state index >= 15 is 0 Å². The number of aromatic nitrogens is 5. The van der Waals surface area contributed by atoms with Crippen LogP contribution in [0.1, 0.15) is 64.3 Å². The maximum atomic E-state index is 13.5. The monoisotopic (exact) mass is 502 g/mol. The maximum Gasteiger partial charge on any atom is 0.410 e. The molecule has 9 nitrogen and oxygen atoms in total. The fourth-order valence-corrected chi connectivity index (χ4v) is 5.17. The predicted octanol–water partition coefficient (Wildman–Crippen LogP) is 5.07. The lowest BCUT2D eigenvalue weighted by atomic mass is 9.95. The molecule has 0 radical (unpaired) electrons. The van der Waals surface area contributed by atoms with Gasteiger partial charge in [-0.05, 0) is 77.6 Å². The number of likely N-dealkylation sites (tertiary alicyclic amines) is 1. The Balaban J connectivity index is 1.42. The molecular formula is C28H34N6O3. The molecule has 1 fully saturated rings. The average molecular weight is 503 g/mol. The molecule has 1 saturated heterocycles. The number of benzene rings is 1. The highest BCUT2D eigenvalue weighted by Gasteiger charge is 2.34. The molecule has 0 N–H and O–H groups in total. The van der Waals surface area contributed by atoms with Crippen molar-refractivity contribution in [2.24, 2.45) is 0 Å². The van der Waals surface area contributed by atoms with Crippen LogP contribution in [0.5, 0.6) is 0 Å². The zero-order chi connectivity index (χ0) is 26.5. The summed E-state index contributed by atoms with van der Waals surface area (Å²) < 4.78 is 9.00. The summed E-state index contributed by atoms with van der Waals surface area (Å²) >= 11 is 0. The molecule has 0 bridgehead atoms. The van der Waals surface area contributed by atoms with Crippen LogP contribution in [0.25, 0.3) is 27.7 Å². The van der Waals surface area contributed by atoms with E-state index in [0.717, 1.165) is 40.0 Å². The lowest BCUT2D eigenvalue weighted by Crippen LogP contribution is -2.49. The van der Waals surface area contributed by atoms with Gasteiger partial charge in [0.05, 0.1) is 35.2 Å². The van der Waals surface area contributed by atoms with Gasteiger partial charge in [-0.1, -0.05) is 13.0 Å². The highest BCUT2D eigenvalue weighted by Crippen LogP contribution is 2.30. The van der Waals surface area contributed by atoms with E-state index < -0.39 is 5.60 Å². The van der Waals surface area contributed by atoms with Gasteiger partial charge in [-0.15, -0.1) is 0 Å². The summed E-state index contributed by atoms with van der Waals surface area (Å²) in [5.74, 6) is 0. The number of hydrogen-bond donors (Lipinski definition) is 0. The Morgan fingerprint density at radius 1 is 1.19 bits per heavy atom. The minimum atomic E-state index is -0.542. The number of carbonyl (C=O) groups is 1. The molecule has 194 valence electrons. The summed E-state index contributed by atoms with van der Waals surface area (Å²) in [4.78, 5) is 32.5. The van der Waals surface area contributed by atoms with Crippen molar-refractivity contribution in [3.05, 3.63) is 58.3 Å². The summed E-state index contributed by atoms with van der Waals surface area (Å²) in [6.07, 6.45) is 5.48. The number of amides is 1. The fourth-order valence-electron chi connectivity index (χ4n) is 5.17. The smallest absolute Gasteiger partial charge is 0.410 e. The molecule has 1 aromatic carbocycles. The second-order valence-corrected chi connectivity index (χ2v) is 11.0. The molecule has 0 aliphatic carbocycles. The van der Waals surface area contributed by atoms with Crippen LogP contribution >= 0.6 is 0 Å². The first kappa shape index (κ1) is 24.9. The van der Waals surface area contributed by atoms with Crippen LogP contribution in [0.15, 0.2) is 41.5 Å². The first-order valence-corrected chi connectivity index (χ1v) is 12.9. The van der Waals surface area contributed by atoms with E-state index in [4.69, 9.17) is 9.84 Å². The van der Waals surface area contributed by atoms with Crippen molar-refractivity contribution in [3.8, 4) is 11.3 Å². The van der Waals surface area contributed by atoms with Crippen LogP contribution in [0, 0.1) is 13.8 Å². The van der Waals surface area contributed by atoms with E-state index in [2.05, 4.69) is 17.0 Å². The number of nitrogens with zero attached hydrogens (tertiary/aromatic N) is 6. The third-order valence-electron chi connectivity index (χ3n) is 6.97. The predicted molar refractivity (Wildman–Crippen MR) is 143 cm³/mol. The molecule has 4 heterocycles. The van der Waals surface area contributed by atoms with Crippen molar-refractivity contribution in [2.45, 2.75) is 78.5 Å². The minimum absolute atomic E-state index is 0.00332. The Bertz CT molecular complexity index is 1550. The number of piperidine rings is 1. The quantitative estimate of drug-likeness (QED) is 0.388. The molecular weight excluding hydrogens is 468 g/mol. The van der Waals surface area contributed by atoms with Crippen molar-refractivity contribution in [1.82, 2.24) is 29.3 Å². The number of aryl methyl sites for hydroxylation is 2. The van der Waals surface area contributed by atoms with E-state index in [1.807, 2.05) is 65.1 Å². The van der Waals surface area contributed by atoms with E-state index in [-0.39, 0.29) is 23.7 Å². The van der Waals surface area contributed by atoms with Gasteiger partial charge in [-0.2, -0.15) is 10.2 Å². The number of hydrogen-bond acceptors (Lipinski definition) is 6. The van der Waals surface area contributed by atoms with Gasteiger partial charge in [0.2, 0.25) is 0 Å². The molecule has 2 unspecified atom stereocenters. The highest BCUT2D eigenvalue weighted by atomic mass is 16.6. The molecule has 0 saturated carbocycles. The second-order valence-electron chi connectivity index (χ2n) is 11.0. The number of imidazole rings is 1. The lowest BCUT2D eigenvalue weighted by molar-refractivity contribution is 0.00404.